The Morgan fingerprint density at radius 3 is 2.65 bits per heavy atom. The fraction of sp³-hybridized carbons (Fsp3) is 0.643. The highest BCUT2D eigenvalue weighted by Crippen LogP contribution is 2.39. The van der Waals surface area contributed by atoms with E-state index in [1.807, 2.05) is 4.90 Å². The third-order valence-electron chi connectivity index (χ3n) is 4.13. The van der Waals surface area contributed by atoms with E-state index in [4.69, 9.17) is 4.74 Å². The highest BCUT2D eigenvalue weighted by molar-refractivity contribution is 5.81. The Morgan fingerprint density at radius 1 is 1.35 bits per heavy atom. The van der Waals surface area contributed by atoms with E-state index in [0.29, 0.717) is 23.7 Å². The molecule has 0 bridgehead atoms. The zero-order valence-electron chi connectivity index (χ0n) is 12.0. The van der Waals surface area contributed by atoms with Gasteiger partial charge in [-0.25, -0.2) is 4.98 Å². The van der Waals surface area contributed by atoms with Crippen LogP contribution in [0.3, 0.4) is 0 Å². The summed E-state index contributed by atoms with van der Waals surface area (Å²) in [5.74, 6) is 2.41. The number of hydrogen-bond donors (Lipinski definition) is 0. The molecule has 2 atom stereocenters. The molecule has 0 unspecified atom stereocenters. The summed E-state index contributed by atoms with van der Waals surface area (Å²) in [6.45, 7) is 5.20. The van der Waals surface area contributed by atoms with Crippen molar-refractivity contribution in [2.75, 3.05) is 38.2 Å². The maximum atomic E-state index is 12.2. The average Bonchev–Trinajstić information content (AvgIpc) is 3.24. The zero-order chi connectivity index (χ0) is 14.1. The number of carbonyl (C=O) groups excluding carboxylic acids is 1. The van der Waals surface area contributed by atoms with E-state index in [-0.39, 0.29) is 5.92 Å². The van der Waals surface area contributed by atoms with Crippen LogP contribution in [0.2, 0.25) is 0 Å². The van der Waals surface area contributed by atoms with Gasteiger partial charge in [0.1, 0.15) is 0 Å². The van der Waals surface area contributed by atoms with Crippen molar-refractivity contribution in [1.29, 1.82) is 0 Å². The van der Waals surface area contributed by atoms with Crippen LogP contribution in [-0.4, -0.2) is 54.1 Å². The molecule has 2 heterocycles. The maximum Gasteiger partial charge on any atom is 0.228 e. The number of amides is 1. The number of hydrogen-bond acceptors (Lipinski definition) is 5. The van der Waals surface area contributed by atoms with E-state index >= 15 is 0 Å². The highest BCUT2D eigenvalue weighted by Gasteiger charge is 2.42. The van der Waals surface area contributed by atoms with Gasteiger partial charge >= 0.3 is 0 Å². The molecule has 1 aliphatic carbocycles. The molecule has 2 fully saturated rings. The molecular weight excluding hydrogens is 256 g/mol. The van der Waals surface area contributed by atoms with Crippen LogP contribution in [-0.2, 0) is 4.79 Å². The summed E-state index contributed by atoms with van der Waals surface area (Å²) in [7, 11) is 1.60. The Labute approximate surface area is 118 Å². The first kappa shape index (κ1) is 13.1. The van der Waals surface area contributed by atoms with Gasteiger partial charge in [0.25, 0.3) is 0 Å². The van der Waals surface area contributed by atoms with Crippen molar-refractivity contribution in [1.82, 2.24) is 14.9 Å². The standard InChI is InChI=1S/C14H20N4O2/c1-10-9-11(10)13(19)17-5-7-18(8-6-17)14-15-4-3-12(16-14)20-2/h3-4,10-11H,5-9H2,1-2H3/t10-,11-/m1/s1. The predicted octanol–water partition coefficient (Wildman–Crippen LogP) is 0.790. The van der Waals surface area contributed by atoms with E-state index < -0.39 is 0 Å². The molecule has 1 saturated heterocycles. The van der Waals surface area contributed by atoms with Crippen LogP contribution in [0, 0.1) is 11.8 Å². The first-order valence-corrected chi connectivity index (χ1v) is 7.10. The van der Waals surface area contributed by atoms with Gasteiger partial charge in [0, 0.05) is 44.4 Å². The Bertz CT molecular complexity index is 500. The molecule has 0 N–H and O–H groups in total. The minimum atomic E-state index is 0.273. The molecule has 0 radical (unpaired) electrons. The van der Waals surface area contributed by atoms with Gasteiger partial charge < -0.3 is 14.5 Å². The van der Waals surface area contributed by atoms with Crippen molar-refractivity contribution in [3.8, 4) is 5.88 Å². The highest BCUT2D eigenvalue weighted by atomic mass is 16.5. The number of piperazine rings is 1. The summed E-state index contributed by atoms with van der Waals surface area (Å²) < 4.78 is 5.11. The minimum Gasteiger partial charge on any atom is -0.481 e. The van der Waals surface area contributed by atoms with Gasteiger partial charge in [0.05, 0.1) is 7.11 Å². The summed E-state index contributed by atoms with van der Waals surface area (Å²) in [5, 5.41) is 0. The van der Waals surface area contributed by atoms with Gasteiger partial charge in [-0.3, -0.25) is 4.79 Å². The number of rotatable bonds is 3. The lowest BCUT2D eigenvalue weighted by Crippen LogP contribution is -2.49. The van der Waals surface area contributed by atoms with Gasteiger partial charge in [0.15, 0.2) is 0 Å². The van der Waals surface area contributed by atoms with Crippen LogP contribution in [0.15, 0.2) is 12.3 Å². The molecule has 1 aliphatic heterocycles. The smallest absolute Gasteiger partial charge is 0.228 e. The second kappa shape index (κ2) is 5.26. The lowest BCUT2D eigenvalue weighted by atomic mass is 10.2. The van der Waals surface area contributed by atoms with Crippen LogP contribution in [0.1, 0.15) is 13.3 Å². The Balaban J connectivity index is 1.59. The van der Waals surface area contributed by atoms with Crippen LogP contribution >= 0.6 is 0 Å². The molecule has 20 heavy (non-hydrogen) atoms. The number of carbonyl (C=O) groups is 1. The van der Waals surface area contributed by atoms with E-state index in [2.05, 4.69) is 21.8 Å². The average molecular weight is 276 g/mol. The Hall–Kier alpha value is -1.85. The third-order valence-corrected chi connectivity index (χ3v) is 4.13. The van der Waals surface area contributed by atoms with Gasteiger partial charge in [-0.15, -0.1) is 0 Å². The molecule has 1 saturated carbocycles. The first-order chi connectivity index (χ1) is 9.69. The van der Waals surface area contributed by atoms with Crippen LogP contribution in [0.5, 0.6) is 5.88 Å². The van der Waals surface area contributed by atoms with Crippen LogP contribution in [0.25, 0.3) is 0 Å². The Kier molecular flexibility index (Phi) is 3.46. The van der Waals surface area contributed by atoms with E-state index in [0.717, 1.165) is 32.6 Å². The largest absolute Gasteiger partial charge is 0.481 e. The number of anilines is 1. The fourth-order valence-corrected chi connectivity index (χ4v) is 2.63. The van der Waals surface area contributed by atoms with E-state index in [1.54, 1.807) is 19.4 Å². The van der Waals surface area contributed by atoms with Crippen LogP contribution < -0.4 is 9.64 Å². The molecule has 1 aromatic rings. The molecule has 0 spiro atoms. The predicted molar refractivity (Wildman–Crippen MR) is 74.6 cm³/mol. The monoisotopic (exact) mass is 276 g/mol. The molecule has 3 rings (SSSR count). The minimum absolute atomic E-state index is 0.273. The number of nitrogens with zero attached hydrogens (tertiary/aromatic N) is 4. The molecule has 1 amide bonds. The van der Waals surface area contributed by atoms with Gasteiger partial charge in [-0.1, -0.05) is 6.92 Å². The molecule has 0 aromatic carbocycles. The van der Waals surface area contributed by atoms with Crippen molar-refractivity contribution in [2.45, 2.75) is 13.3 Å². The van der Waals surface area contributed by atoms with Crippen molar-refractivity contribution in [2.24, 2.45) is 11.8 Å². The molecular formula is C14H20N4O2. The quantitative estimate of drug-likeness (QED) is 0.817. The van der Waals surface area contributed by atoms with Gasteiger partial charge in [0.2, 0.25) is 17.7 Å². The normalized spacial score (nSPS) is 25.5. The van der Waals surface area contributed by atoms with Crippen molar-refractivity contribution in [3.63, 3.8) is 0 Å². The lowest BCUT2D eigenvalue weighted by Gasteiger charge is -2.34. The first-order valence-electron chi connectivity index (χ1n) is 7.10. The van der Waals surface area contributed by atoms with Crippen molar-refractivity contribution >= 4 is 11.9 Å². The van der Waals surface area contributed by atoms with Gasteiger partial charge in [-0.05, 0) is 12.3 Å². The second-order valence-electron chi connectivity index (χ2n) is 5.53. The molecule has 2 aliphatic rings. The lowest BCUT2D eigenvalue weighted by molar-refractivity contribution is -0.133. The second-order valence-corrected chi connectivity index (χ2v) is 5.53. The summed E-state index contributed by atoms with van der Waals surface area (Å²) in [5.41, 5.74) is 0. The molecule has 6 nitrogen and oxygen atoms in total. The SMILES string of the molecule is COc1ccnc(N2CCN(C(=O)[C@@H]3C[C@H]3C)CC2)n1. The summed E-state index contributed by atoms with van der Waals surface area (Å²) in [4.78, 5) is 24.9. The van der Waals surface area contributed by atoms with E-state index in [9.17, 15) is 4.79 Å². The third kappa shape index (κ3) is 2.55. The summed E-state index contributed by atoms with van der Waals surface area (Å²) >= 11 is 0. The van der Waals surface area contributed by atoms with Gasteiger partial charge in [-0.2, -0.15) is 4.98 Å². The van der Waals surface area contributed by atoms with Crippen molar-refractivity contribution in [3.05, 3.63) is 12.3 Å². The fourth-order valence-electron chi connectivity index (χ4n) is 2.63. The Morgan fingerprint density at radius 2 is 2.05 bits per heavy atom. The summed E-state index contributed by atoms with van der Waals surface area (Å²) in [6, 6.07) is 1.73. The van der Waals surface area contributed by atoms with Crippen LogP contribution in [0.4, 0.5) is 5.95 Å². The zero-order valence-corrected chi connectivity index (χ0v) is 12.0. The number of methoxy groups -OCH3 is 1. The summed E-state index contributed by atoms with van der Waals surface area (Å²) in [6.07, 6.45) is 2.75. The number of ether oxygens (including phenoxy) is 1. The van der Waals surface area contributed by atoms with Crippen molar-refractivity contribution < 1.29 is 9.53 Å². The van der Waals surface area contributed by atoms with E-state index in [1.165, 1.54) is 0 Å². The maximum absolute atomic E-state index is 12.2. The molecule has 1 aromatic heterocycles. The number of aromatic nitrogens is 2. The molecule has 6 heteroatoms. The topological polar surface area (TPSA) is 58.6 Å². The molecule has 108 valence electrons.